The molecule has 0 radical (unpaired) electrons. The quantitative estimate of drug-likeness (QED) is 0.149. The molecule has 4 heterocycles. The average molecular weight is 861 g/mol. The Morgan fingerprint density at radius 3 is 1.93 bits per heavy atom. The Hall–Kier alpha value is -8.22. The number of nitrogens with zero attached hydrogens (tertiary/aromatic N) is 4. The van der Waals surface area contributed by atoms with Gasteiger partial charge >= 0.3 is 0 Å². The van der Waals surface area contributed by atoms with Gasteiger partial charge in [-0.3, -0.25) is 0 Å². The van der Waals surface area contributed by atoms with E-state index in [0.29, 0.717) is 5.92 Å². The van der Waals surface area contributed by atoms with Gasteiger partial charge in [0.15, 0.2) is 5.58 Å². The third-order valence-electron chi connectivity index (χ3n) is 14.3. The molecule has 8 aromatic carbocycles. The molecule has 0 spiro atoms. The van der Waals surface area contributed by atoms with Crippen molar-refractivity contribution < 1.29 is 4.42 Å². The van der Waals surface area contributed by atoms with Crippen LogP contribution < -0.4 is 31.1 Å². The molecular weight excluding hydrogens is 816 g/mol. The van der Waals surface area contributed by atoms with E-state index in [2.05, 4.69) is 252 Å². The van der Waals surface area contributed by atoms with Crippen molar-refractivity contribution in [3.05, 3.63) is 229 Å². The maximum absolute atomic E-state index is 6.88. The largest absolute Gasteiger partial charge is 0.454 e. The maximum Gasteiger partial charge on any atom is 0.252 e. The normalized spacial score (nSPS) is 15.3. The van der Waals surface area contributed by atoms with Crippen LogP contribution in [-0.2, 0) is 5.41 Å². The fraction of sp³-hybridized carbons (Fsp3) is 0.0820. The molecule has 0 saturated carbocycles. The van der Waals surface area contributed by atoms with E-state index in [0.717, 1.165) is 84.3 Å². The van der Waals surface area contributed by atoms with Crippen molar-refractivity contribution in [1.82, 2.24) is 4.57 Å². The van der Waals surface area contributed by atoms with Crippen LogP contribution in [0.15, 0.2) is 228 Å². The number of para-hydroxylation sites is 5. The number of furan rings is 1. The minimum absolute atomic E-state index is 0.0649. The molecular formula is C61H45BN4O. The van der Waals surface area contributed by atoms with E-state index in [1.54, 1.807) is 0 Å². The molecule has 0 bridgehead atoms. The van der Waals surface area contributed by atoms with Crippen molar-refractivity contribution in [3.63, 3.8) is 0 Å². The van der Waals surface area contributed by atoms with Gasteiger partial charge in [0.2, 0.25) is 0 Å². The van der Waals surface area contributed by atoms with Gasteiger partial charge in [0.1, 0.15) is 11.1 Å². The molecule has 0 N–H and O–H groups in total. The molecule has 2 aliphatic heterocycles. The SMILES string of the molecule is CC(C)(C)c1cccc(N2c3cc(N(c4ccccc4)c4ccccc4)ccc3B3c4c2cc(N(C2=CC5=C[C@H]5C=C2)c2ccccc2)cc4-n2c4c3cccc4c3oc4ccccc4c32)c1. The summed E-state index contributed by atoms with van der Waals surface area (Å²) in [5.41, 5.74) is 21.7. The van der Waals surface area contributed by atoms with Crippen LogP contribution in [0.1, 0.15) is 26.3 Å². The van der Waals surface area contributed by atoms with E-state index >= 15 is 0 Å². The fourth-order valence-electron chi connectivity index (χ4n) is 11.2. The predicted molar refractivity (Wildman–Crippen MR) is 281 cm³/mol. The van der Waals surface area contributed by atoms with Gasteiger partial charge in [-0.15, -0.1) is 0 Å². The molecule has 5 nitrogen and oxygen atoms in total. The molecule has 0 unspecified atom stereocenters. The molecule has 67 heavy (non-hydrogen) atoms. The van der Waals surface area contributed by atoms with Gasteiger partial charge in [0.25, 0.3) is 6.71 Å². The minimum Gasteiger partial charge on any atom is -0.454 e. The topological polar surface area (TPSA) is 27.8 Å². The highest BCUT2D eigenvalue weighted by atomic mass is 16.3. The van der Waals surface area contributed by atoms with Crippen LogP contribution in [-0.4, -0.2) is 11.3 Å². The number of benzene rings is 8. The Balaban J connectivity index is 1.12. The zero-order valence-corrected chi connectivity index (χ0v) is 37.6. The van der Waals surface area contributed by atoms with Crippen LogP contribution in [0.2, 0.25) is 0 Å². The van der Waals surface area contributed by atoms with Gasteiger partial charge in [-0.2, -0.15) is 0 Å². The molecule has 0 saturated heterocycles. The van der Waals surface area contributed by atoms with Gasteiger partial charge in [-0.25, -0.2) is 0 Å². The molecule has 2 aromatic heterocycles. The first-order valence-corrected chi connectivity index (χ1v) is 23.4. The van der Waals surface area contributed by atoms with Crippen molar-refractivity contribution in [2.24, 2.45) is 5.92 Å². The number of hydrogen-bond donors (Lipinski definition) is 0. The molecule has 6 heteroatoms. The number of rotatable bonds is 7. The van der Waals surface area contributed by atoms with Gasteiger partial charge < -0.3 is 23.7 Å². The maximum atomic E-state index is 6.88. The molecule has 2 aliphatic carbocycles. The Kier molecular flexibility index (Phi) is 8.04. The van der Waals surface area contributed by atoms with Gasteiger partial charge in [0, 0.05) is 67.9 Å². The second-order valence-electron chi connectivity index (χ2n) is 19.4. The summed E-state index contributed by atoms with van der Waals surface area (Å²) >= 11 is 0. The third kappa shape index (κ3) is 5.75. The monoisotopic (exact) mass is 860 g/mol. The molecule has 0 amide bonds. The number of aromatic nitrogens is 1. The molecule has 318 valence electrons. The van der Waals surface area contributed by atoms with Crippen LogP contribution >= 0.6 is 0 Å². The Labute approximate surface area is 390 Å². The van der Waals surface area contributed by atoms with Gasteiger partial charge in [-0.05, 0) is 136 Å². The average Bonchev–Trinajstić information content (AvgIpc) is 3.94. The molecule has 10 aromatic rings. The highest BCUT2D eigenvalue weighted by Gasteiger charge is 2.44. The summed E-state index contributed by atoms with van der Waals surface area (Å²) in [5, 5.41) is 2.24. The van der Waals surface area contributed by atoms with Crippen LogP contribution in [0.25, 0.3) is 38.7 Å². The number of anilines is 8. The summed E-state index contributed by atoms with van der Waals surface area (Å²) in [7, 11) is 0. The lowest BCUT2D eigenvalue weighted by Crippen LogP contribution is -2.60. The highest BCUT2D eigenvalue weighted by molar-refractivity contribution is 7.00. The fourth-order valence-corrected chi connectivity index (χ4v) is 11.2. The molecule has 0 fully saturated rings. The number of allylic oxidation sites excluding steroid dienone is 5. The van der Waals surface area contributed by atoms with Gasteiger partial charge in [-0.1, -0.05) is 130 Å². The summed E-state index contributed by atoms with van der Waals surface area (Å²) in [6.45, 7) is 6.86. The Morgan fingerprint density at radius 2 is 1.19 bits per heavy atom. The first kappa shape index (κ1) is 38.1. The number of hydrogen-bond acceptors (Lipinski definition) is 4. The van der Waals surface area contributed by atoms with Crippen molar-refractivity contribution in [2.75, 3.05) is 14.7 Å². The summed E-state index contributed by atoms with van der Waals surface area (Å²) in [6, 6.07) is 69.0. The standard InChI is InChI=1S/C61H45BN4O/c1-61(2,3)41-17-15-24-45(35-41)65-53-36-47(63(42-18-7-4-8-19-42)43-20-9-5-10-21-43)31-32-51(53)62-52-27-16-26-50-58(52)66(59-49-25-13-14-28-56(49)67-60(50)59)55-38-48(37-54(65)57(55)62)64(44-22-11-6-12-23-44)46-30-29-39-33-40(39)34-46/h4-39H,1-3H3/t39-/m1/s1. The molecule has 1 atom stereocenters. The van der Waals surface area contributed by atoms with E-state index in [4.69, 9.17) is 4.42 Å². The molecule has 14 rings (SSSR count). The van der Waals surface area contributed by atoms with E-state index in [1.165, 1.54) is 33.0 Å². The molecule has 4 aliphatic rings. The van der Waals surface area contributed by atoms with E-state index in [9.17, 15) is 0 Å². The van der Waals surface area contributed by atoms with E-state index in [-0.39, 0.29) is 12.1 Å². The van der Waals surface area contributed by atoms with Crippen LogP contribution in [0.3, 0.4) is 0 Å². The van der Waals surface area contributed by atoms with Crippen LogP contribution in [0.5, 0.6) is 0 Å². The first-order valence-electron chi connectivity index (χ1n) is 23.4. The third-order valence-corrected chi connectivity index (χ3v) is 14.3. The van der Waals surface area contributed by atoms with Crippen molar-refractivity contribution in [3.8, 4) is 5.69 Å². The lowest BCUT2D eigenvalue weighted by molar-refractivity contribution is 0.590. The second kappa shape index (κ2) is 14.1. The smallest absolute Gasteiger partial charge is 0.252 e. The number of fused-ring (bicyclic) bond motifs is 10. The zero-order valence-electron chi connectivity index (χ0n) is 37.6. The van der Waals surface area contributed by atoms with Gasteiger partial charge in [0.05, 0.1) is 11.2 Å². The Bertz CT molecular complexity index is 3720. The van der Waals surface area contributed by atoms with Crippen LogP contribution in [0, 0.1) is 5.92 Å². The lowest BCUT2D eigenvalue weighted by Gasteiger charge is -2.42. The van der Waals surface area contributed by atoms with Crippen molar-refractivity contribution in [2.45, 2.75) is 26.2 Å². The van der Waals surface area contributed by atoms with Crippen LogP contribution in [0.4, 0.5) is 45.5 Å². The first-order chi connectivity index (χ1) is 32.9. The predicted octanol–water partition coefficient (Wildman–Crippen LogP) is 14.1. The van der Waals surface area contributed by atoms with E-state index in [1.807, 2.05) is 0 Å². The van der Waals surface area contributed by atoms with Crippen molar-refractivity contribution in [1.29, 1.82) is 0 Å². The summed E-state index contributed by atoms with van der Waals surface area (Å²) in [4.78, 5) is 7.40. The van der Waals surface area contributed by atoms with Crippen molar-refractivity contribution >= 4 is 102 Å². The zero-order chi connectivity index (χ0) is 44.5. The second-order valence-corrected chi connectivity index (χ2v) is 19.4. The minimum atomic E-state index is -0.0689. The lowest BCUT2D eigenvalue weighted by atomic mass is 9.33. The summed E-state index contributed by atoms with van der Waals surface area (Å²) < 4.78 is 9.41. The highest BCUT2D eigenvalue weighted by Crippen LogP contribution is 2.49. The van der Waals surface area contributed by atoms with E-state index < -0.39 is 0 Å². The summed E-state index contributed by atoms with van der Waals surface area (Å²) in [6.07, 6.45) is 9.34. The Morgan fingerprint density at radius 1 is 0.537 bits per heavy atom. The summed E-state index contributed by atoms with van der Waals surface area (Å²) in [5.74, 6) is 0.432.